The fraction of sp³-hybridized carbons (Fsp3) is 0.188. The molecule has 1 heterocycles. The number of para-hydroxylation sites is 1. The number of hydrogen-bond acceptors (Lipinski definition) is 1. The van der Waals surface area contributed by atoms with E-state index >= 15 is 0 Å². The zero-order chi connectivity index (χ0) is 14.1. The molecule has 3 nitrogen and oxygen atoms in total. The van der Waals surface area contributed by atoms with Crippen LogP contribution in [0.1, 0.15) is 12.5 Å². The Labute approximate surface area is 123 Å². The Bertz CT molecular complexity index is 639. The summed E-state index contributed by atoms with van der Waals surface area (Å²) in [6, 6.07) is 15.2. The van der Waals surface area contributed by atoms with Crippen molar-refractivity contribution >= 4 is 29.0 Å². The maximum absolute atomic E-state index is 12.5. The molecule has 0 aliphatic carbocycles. The molecular formula is C16H15ClN2O. The smallest absolute Gasteiger partial charge is 0.308 e. The summed E-state index contributed by atoms with van der Waals surface area (Å²) < 4.78 is 0. The highest BCUT2D eigenvalue weighted by molar-refractivity contribution is 6.30. The number of halogens is 1. The average molecular weight is 287 g/mol. The number of urea groups is 1. The van der Waals surface area contributed by atoms with Gasteiger partial charge >= 0.3 is 6.03 Å². The molecule has 1 N–H and O–H groups in total. The number of anilines is 2. The van der Waals surface area contributed by atoms with Gasteiger partial charge in [0.25, 0.3) is 0 Å². The molecule has 3 rings (SSSR count). The third-order valence-electron chi connectivity index (χ3n) is 3.52. The Balaban J connectivity index is 1.82. The van der Waals surface area contributed by atoms with Gasteiger partial charge < -0.3 is 5.32 Å². The van der Waals surface area contributed by atoms with Crippen LogP contribution in [0.3, 0.4) is 0 Å². The van der Waals surface area contributed by atoms with Crippen LogP contribution < -0.4 is 10.2 Å². The molecule has 0 unspecified atom stereocenters. The molecule has 2 aromatic carbocycles. The minimum absolute atomic E-state index is 0.107. The molecule has 4 heteroatoms. The van der Waals surface area contributed by atoms with Crippen LogP contribution in [0.25, 0.3) is 0 Å². The maximum atomic E-state index is 12.5. The standard InChI is InChI=1S/C16H15ClN2O/c1-11-10-12-4-2-3-5-15(12)19(11)16(20)18-14-8-6-13(17)7-9-14/h2-9,11H,10H2,1H3,(H,18,20)/t11-/m1/s1. The van der Waals surface area contributed by atoms with E-state index in [4.69, 9.17) is 11.6 Å². The lowest BCUT2D eigenvalue weighted by molar-refractivity contribution is 0.256. The van der Waals surface area contributed by atoms with Crippen LogP contribution in [0.4, 0.5) is 16.2 Å². The first-order valence-corrected chi connectivity index (χ1v) is 6.96. The van der Waals surface area contributed by atoms with Gasteiger partial charge in [-0.3, -0.25) is 4.90 Å². The van der Waals surface area contributed by atoms with Gasteiger partial charge in [-0.05, 0) is 49.2 Å². The van der Waals surface area contributed by atoms with E-state index in [1.54, 1.807) is 24.3 Å². The van der Waals surface area contributed by atoms with Crippen molar-refractivity contribution in [1.29, 1.82) is 0 Å². The van der Waals surface area contributed by atoms with Crippen molar-refractivity contribution in [3.8, 4) is 0 Å². The van der Waals surface area contributed by atoms with Crippen LogP contribution in [-0.2, 0) is 6.42 Å². The molecule has 0 saturated heterocycles. The van der Waals surface area contributed by atoms with Crippen LogP contribution in [0.5, 0.6) is 0 Å². The molecule has 102 valence electrons. The number of fused-ring (bicyclic) bond motifs is 1. The molecule has 1 atom stereocenters. The van der Waals surface area contributed by atoms with E-state index in [2.05, 4.69) is 18.3 Å². The fourth-order valence-electron chi connectivity index (χ4n) is 2.59. The molecule has 2 aromatic rings. The Kier molecular flexibility index (Phi) is 3.36. The van der Waals surface area contributed by atoms with Gasteiger partial charge in [-0.1, -0.05) is 29.8 Å². The normalized spacial score (nSPS) is 16.9. The second kappa shape index (κ2) is 5.17. The largest absolute Gasteiger partial charge is 0.326 e. The van der Waals surface area contributed by atoms with E-state index in [0.717, 1.165) is 17.8 Å². The maximum Gasteiger partial charge on any atom is 0.326 e. The summed E-state index contributed by atoms with van der Waals surface area (Å²) >= 11 is 5.84. The average Bonchev–Trinajstić information content (AvgIpc) is 2.77. The second-order valence-electron chi connectivity index (χ2n) is 4.99. The van der Waals surface area contributed by atoms with Crippen LogP contribution in [0, 0.1) is 0 Å². The Morgan fingerprint density at radius 1 is 1.20 bits per heavy atom. The molecule has 20 heavy (non-hydrogen) atoms. The number of carbonyl (C=O) groups excluding carboxylic acids is 1. The zero-order valence-electron chi connectivity index (χ0n) is 11.1. The Morgan fingerprint density at radius 3 is 2.65 bits per heavy atom. The molecule has 0 bridgehead atoms. The molecule has 0 saturated carbocycles. The topological polar surface area (TPSA) is 32.3 Å². The summed E-state index contributed by atoms with van der Waals surface area (Å²) in [6.45, 7) is 2.06. The number of benzene rings is 2. The van der Waals surface area contributed by atoms with E-state index in [9.17, 15) is 4.79 Å². The van der Waals surface area contributed by atoms with Crippen LogP contribution in [0.15, 0.2) is 48.5 Å². The van der Waals surface area contributed by atoms with Crippen LogP contribution in [0.2, 0.25) is 5.02 Å². The quantitative estimate of drug-likeness (QED) is 0.832. The van der Waals surface area contributed by atoms with Gasteiger partial charge in [0.05, 0.1) is 0 Å². The first kappa shape index (κ1) is 13.0. The van der Waals surface area contributed by atoms with E-state index in [-0.39, 0.29) is 12.1 Å². The van der Waals surface area contributed by atoms with Gasteiger partial charge in [0.15, 0.2) is 0 Å². The highest BCUT2D eigenvalue weighted by Gasteiger charge is 2.30. The Hall–Kier alpha value is -2.00. The summed E-state index contributed by atoms with van der Waals surface area (Å²) in [5, 5.41) is 3.57. The predicted molar refractivity (Wildman–Crippen MR) is 82.6 cm³/mol. The molecule has 0 fully saturated rings. The third kappa shape index (κ3) is 2.37. The Morgan fingerprint density at radius 2 is 1.90 bits per heavy atom. The monoisotopic (exact) mass is 286 g/mol. The van der Waals surface area contributed by atoms with Crippen LogP contribution >= 0.6 is 11.6 Å². The van der Waals surface area contributed by atoms with Crippen molar-refractivity contribution in [3.05, 3.63) is 59.1 Å². The summed E-state index contributed by atoms with van der Waals surface area (Å²) in [4.78, 5) is 14.3. The van der Waals surface area contributed by atoms with Crippen molar-refractivity contribution in [3.63, 3.8) is 0 Å². The van der Waals surface area contributed by atoms with Crippen molar-refractivity contribution in [2.45, 2.75) is 19.4 Å². The number of nitrogens with zero attached hydrogens (tertiary/aromatic N) is 1. The SMILES string of the molecule is C[C@@H]1Cc2ccccc2N1C(=O)Nc1ccc(Cl)cc1. The molecular weight excluding hydrogens is 272 g/mol. The van der Waals surface area contributed by atoms with Crippen LogP contribution in [-0.4, -0.2) is 12.1 Å². The summed E-state index contributed by atoms with van der Waals surface area (Å²) in [6.07, 6.45) is 0.893. The summed E-state index contributed by atoms with van der Waals surface area (Å²) in [5.74, 6) is 0. The van der Waals surface area contributed by atoms with Crippen molar-refractivity contribution in [1.82, 2.24) is 0 Å². The van der Waals surface area contributed by atoms with Gasteiger partial charge in [0.1, 0.15) is 0 Å². The van der Waals surface area contributed by atoms with E-state index < -0.39 is 0 Å². The van der Waals surface area contributed by atoms with Crippen molar-refractivity contribution < 1.29 is 4.79 Å². The van der Waals surface area contributed by atoms with E-state index in [1.807, 2.05) is 23.1 Å². The minimum Gasteiger partial charge on any atom is -0.308 e. The molecule has 1 aliphatic rings. The fourth-order valence-corrected chi connectivity index (χ4v) is 2.72. The number of carbonyl (C=O) groups is 1. The summed E-state index contributed by atoms with van der Waals surface area (Å²) in [7, 11) is 0. The van der Waals surface area contributed by atoms with Gasteiger partial charge in [0.2, 0.25) is 0 Å². The second-order valence-corrected chi connectivity index (χ2v) is 5.43. The first-order valence-electron chi connectivity index (χ1n) is 6.59. The van der Waals surface area contributed by atoms with Gasteiger partial charge in [0, 0.05) is 22.4 Å². The number of amides is 2. The zero-order valence-corrected chi connectivity index (χ0v) is 11.9. The van der Waals surface area contributed by atoms with Crippen molar-refractivity contribution in [2.24, 2.45) is 0 Å². The van der Waals surface area contributed by atoms with Gasteiger partial charge in [-0.25, -0.2) is 4.79 Å². The van der Waals surface area contributed by atoms with E-state index in [1.165, 1.54) is 5.56 Å². The molecule has 0 aromatic heterocycles. The highest BCUT2D eigenvalue weighted by atomic mass is 35.5. The van der Waals surface area contributed by atoms with Gasteiger partial charge in [-0.2, -0.15) is 0 Å². The molecule has 0 spiro atoms. The number of rotatable bonds is 1. The number of nitrogens with one attached hydrogen (secondary N) is 1. The molecule has 0 radical (unpaired) electrons. The lowest BCUT2D eigenvalue weighted by atomic mass is 10.1. The number of hydrogen-bond donors (Lipinski definition) is 1. The first-order chi connectivity index (χ1) is 9.65. The molecule has 1 aliphatic heterocycles. The lowest BCUT2D eigenvalue weighted by Gasteiger charge is -2.23. The minimum atomic E-state index is -0.107. The lowest BCUT2D eigenvalue weighted by Crippen LogP contribution is -2.39. The van der Waals surface area contributed by atoms with Crippen molar-refractivity contribution in [2.75, 3.05) is 10.2 Å². The summed E-state index contributed by atoms with van der Waals surface area (Å²) in [5.41, 5.74) is 2.95. The third-order valence-corrected chi connectivity index (χ3v) is 3.77. The predicted octanol–water partition coefficient (Wildman–Crippen LogP) is 4.32. The van der Waals surface area contributed by atoms with Gasteiger partial charge in [-0.15, -0.1) is 0 Å². The molecule has 2 amide bonds. The highest BCUT2D eigenvalue weighted by Crippen LogP contribution is 2.32. The van der Waals surface area contributed by atoms with E-state index in [0.29, 0.717) is 5.02 Å².